The average Bonchev–Trinajstić information content (AvgIpc) is 3.56. The van der Waals surface area contributed by atoms with Gasteiger partial charge in [0.05, 0.1) is 35.6 Å². The molecule has 0 spiro atoms. The van der Waals surface area contributed by atoms with E-state index in [0.717, 1.165) is 18.9 Å². The summed E-state index contributed by atoms with van der Waals surface area (Å²) in [5.41, 5.74) is -0.940. The van der Waals surface area contributed by atoms with Gasteiger partial charge in [-0.25, -0.2) is 18.6 Å². The SMILES string of the molecule is CC[C@@]1(O)C(=O)OCc2c1cc1n(c2=O)Cc2c-1nc1cc(F)c(Cl)c(F)c1c2CNC1(CO)CC1. The maximum atomic E-state index is 15.3. The van der Waals surface area contributed by atoms with Crippen molar-refractivity contribution in [2.24, 2.45) is 0 Å². The van der Waals surface area contributed by atoms with E-state index in [2.05, 4.69) is 10.3 Å². The van der Waals surface area contributed by atoms with Crippen molar-refractivity contribution in [1.82, 2.24) is 14.9 Å². The van der Waals surface area contributed by atoms with Gasteiger partial charge in [0.15, 0.2) is 11.4 Å². The van der Waals surface area contributed by atoms with Gasteiger partial charge in [0.1, 0.15) is 17.4 Å². The number of aromatic nitrogens is 2. The van der Waals surface area contributed by atoms with Gasteiger partial charge in [0, 0.05) is 34.7 Å². The molecule has 6 rings (SSSR count). The number of fused-ring (bicyclic) bond motifs is 5. The molecule has 188 valence electrons. The van der Waals surface area contributed by atoms with Crippen LogP contribution in [0.4, 0.5) is 8.78 Å². The normalized spacial score (nSPS) is 21.2. The Hall–Kier alpha value is -2.92. The summed E-state index contributed by atoms with van der Waals surface area (Å²) < 4.78 is 36.2. The molecule has 1 aliphatic carbocycles. The number of rotatable bonds is 5. The predicted molar refractivity (Wildman–Crippen MR) is 125 cm³/mol. The van der Waals surface area contributed by atoms with Crippen LogP contribution in [0.1, 0.15) is 48.4 Å². The predicted octanol–water partition coefficient (Wildman–Crippen LogP) is 2.63. The minimum atomic E-state index is -1.99. The zero-order valence-electron chi connectivity index (χ0n) is 19.3. The number of carbonyl (C=O) groups is 1. The zero-order chi connectivity index (χ0) is 25.6. The van der Waals surface area contributed by atoms with Crippen LogP contribution in [-0.4, -0.2) is 37.9 Å². The van der Waals surface area contributed by atoms with E-state index >= 15 is 4.39 Å². The molecule has 8 nitrogen and oxygen atoms in total. The first-order chi connectivity index (χ1) is 17.1. The van der Waals surface area contributed by atoms with E-state index in [1.54, 1.807) is 13.0 Å². The highest BCUT2D eigenvalue weighted by Crippen LogP contribution is 2.42. The van der Waals surface area contributed by atoms with Crippen molar-refractivity contribution < 1.29 is 28.5 Å². The van der Waals surface area contributed by atoms with Crippen molar-refractivity contribution in [1.29, 1.82) is 0 Å². The Kier molecular flexibility index (Phi) is 5.08. The van der Waals surface area contributed by atoms with Gasteiger partial charge in [-0.05, 0) is 30.9 Å². The van der Waals surface area contributed by atoms with Crippen LogP contribution in [0.25, 0.3) is 22.3 Å². The fraction of sp³-hybridized carbons (Fsp3) is 0.400. The van der Waals surface area contributed by atoms with Crippen molar-refractivity contribution in [3.8, 4) is 11.4 Å². The van der Waals surface area contributed by atoms with Crippen molar-refractivity contribution in [2.45, 2.75) is 57.0 Å². The Bertz CT molecular complexity index is 1550. The molecule has 0 unspecified atom stereocenters. The maximum absolute atomic E-state index is 15.3. The first-order valence-corrected chi connectivity index (χ1v) is 12.0. The zero-order valence-corrected chi connectivity index (χ0v) is 20.0. The largest absolute Gasteiger partial charge is 0.458 e. The third kappa shape index (κ3) is 3.11. The van der Waals surface area contributed by atoms with E-state index in [0.29, 0.717) is 22.5 Å². The fourth-order valence-electron chi connectivity index (χ4n) is 5.25. The lowest BCUT2D eigenvalue weighted by Crippen LogP contribution is -2.44. The number of nitrogens with zero attached hydrogens (tertiary/aromatic N) is 2. The van der Waals surface area contributed by atoms with Gasteiger partial charge in [0.2, 0.25) is 0 Å². The number of carbonyl (C=O) groups excluding carboxylic acids is 1. The molecule has 36 heavy (non-hydrogen) atoms. The summed E-state index contributed by atoms with van der Waals surface area (Å²) >= 11 is 5.90. The lowest BCUT2D eigenvalue weighted by molar-refractivity contribution is -0.172. The lowest BCUT2D eigenvalue weighted by Gasteiger charge is -2.31. The molecular weight excluding hydrogens is 496 g/mol. The molecule has 4 heterocycles. The summed E-state index contributed by atoms with van der Waals surface area (Å²) in [5.74, 6) is -2.76. The molecule has 2 aliphatic heterocycles. The van der Waals surface area contributed by atoms with Crippen molar-refractivity contribution in [3.05, 3.63) is 61.4 Å². The van der Waals surface area contributed by atoms with Gasteiger partial charge >= 0.3 is 5.97 Å². The van der Waals surface area contributed by atoms with Crippen molar-refractivity contribution in [2.75, 3.05) is 6.61 Å². The molecule has 0 radical (unpaired) electrons. The Morgan fingerprint density at radius 1 is 1.25 bits per heavy atom. The number of nitrogens with one attached hydrogen (secondary N) is 1. The molecule has 0 bridgehead atoms. The van der Waals surface area contributed by atoms with Gasteiger partial charge in [-0.15, -0.1) is 0 Å². The molecule has 3 aromatic rings. The lowest BCUT2D eigenvalue weighted by atomic mass is 9.86. The average molecular weight is 518 g/mol. The van der Waals surface area contributed by atoms with Crippen LogP contribution in [0.3, 0.4) is 0 Å². The molecule has 0 amide bonds. The van der Waals surface area contributed by atoms with Gasteiger partial charge in [-0.2, -0.15) is 0 Å². The van der Waals surface area contributed by atoms with Crippen LogP contribution in [0.2, 0.25) is 5.02 Å². The molecule has 3 aliphatic rings. The Morgan fingerprint density at radius 3 is 2.67 bits per heavy atom. The number of hydrogen-bond donors (Lipinski definition) is 3. The van der Waals surface area contributed by atoms with E-state index in [-0.39, 0.29) is 54.8 Å². The summed E-state index contributed by atoms with van der Waals surface area (Å²) in [6.07, 6.45) is 1.50. The Labute approximate surface area is 208 Å². The van der Waals surface area contributed by atoms with Crippen LogP contribution >= 0.6 is 11.6 Å². The van der Waals surface area contributed by atoms with Gasteiger partial charge in [-0.3, -0.25) is 4.79 Å². The number of benzene rings is 1. The summed E-state index contributed by atoms with van der Waals surface area (Å²) in [7, 11) is 0. The summed E-state index contributed by atoms with van der Waals surface area (Å²) in [5, 5.41) is 23.4. The van der Waals surface area contributed by atoms with E-state index in [1.807, 2.05) is 0 Å². The number of halogens is 3. The topological polar surface area (TPSA) is 114 Å². The number of hydrogen-bond acceptors (Lipinski definition) is 7. The Morgan fingerprint density at radius 2 is 2.00 bits per heavy atom. The van der Waals surface area contributed by atoms with Crippen LogP contribution < -0.4 is 10.9 Å². The summed E-state index contributed by atoms with van der Waals surface area (Å²) in [6, 6.07) is 2.59. The van der Waals surface area contributed by atoms with Gasteiger partial charge in [-0.1, -0.05) is 18.5 Å². The third-order valence-electron chi connectivity index (χ3n) is 7.72. The second-order valence-corrected chi connectivity index (χ2v) is 10.1. The second kappa shape index (κ2) is 7.79. The minimum Gasteiger partial charge on any atom is -0.458 e. The molecule has 0 saturated heterocycles. The molecule has 11 heteroatoms. The van der Waals surface area contributed by atoms with Crippen molar-refractivity contribution in [3.63, 3.8) is 0 Å². The molecule has 1 saturated carbocycles. The molecule has 2 aromatic heterocycles. The molecular formula is C25H22ClF2N3O5. The van der Waals surface area contributed by atoms with E-state index in [4.69, 9.17) is 16.3 Å². The van der Waals surface area contributed by atoms with E-state index in [1.165, 1.54) is 4.57 Å². The van der Waals surface area contributed by atoms with E-state index in [9.17, 15) is 24.2 Å². The second-order valence-electron chi connectivity index (χ2n) is 9.69. The monoisotopic (exact) mass is 517 g/mol. The number of ether oxygens (including phenoxy) is 1. The van der Waals surface area contributed by atoms with Crippen LogP contribution in [0.5, 0.6) is 0 Å². The van der Waals surface area contributed by atoms with Crippen LogP contribution in [-0.2, 0) is 34.8 Å². The third-order valence-corrected chi connectivity index (χ3v) is 8.07. The van der Waals surface area contributed by atoms with Crippen LogP contribution in [0, 0.1) is 11.6 Å². The first kappa shape index (κ1) is 23.5. The molecule has 3 N–H and O–H groups in total. The quantitative estimate of drug-likeness (QED) is 0.275. The highest BCUT2D eigenvalue weighted by molar-refractivity contribution is 6.31. The minimum absolute atomic E-state index is 0.00688. The fourth-order valence-corrected chi connectivity index (χ4v) is 5.39. The highest BCUT2D eigenvalue weighted by atomic mass is 35.5. The van der Waals surface area contributed by atoms with Crippen LogP contribution in [0.15, 0.2) is 16.9 Å². The molecule has 1 atom stereocenters. The Balaban J connectivity index is 1.61. The smallest absolute Gasteiger partial charge is 0.343 e. The molecule has 1 fully saturated rings. The maximum Gasteiger partial charge on any atom is 0.343 e. The molecule has 1 aromatic carbocycles. The standard InChI is InChI=1S/C25H22ClF2N3O5/c1-2-25(35)14-5-17-21-12(8-31(17)22(33)13(14)9-36-23(25)34)11(7-29-24(10-32)3-4-24)18-16(30-21)6-15(27)19(26)20(18)28/h5-6,29,32,35H,2-4,7-10H2,1H3/t25-/m0/s1. The summed E-state index contributed by atoms with van der Waals surface area (Å²) in [4.78, 5) is 30.4. The first-order valence-electron chi connectivity index (χ1n) is 11.7. The number of cyclic esters (lactones) is 1. The van der Waals surface area contributed by atoms with Gasteiger partial charge < -0.3 is 24.8 Å². The highest BCUT2D eigenvalue weighted by Gasteiger charge is 2.46. The number of esters is 1. The van der Waals surface area contributed by atoms with E-state index < -0.39 is 39.3 Å². The van der Waals surface area contributed by atoms with Gasteiger partial charge in [0.25, 0.3) is 5.56 Å². The number of pyridine rings is 2. The number of aliphatic hydroxyl groups excluding tert-OH is 1. The number of aliphatic hydroxyl groups is 2. The van der Waals surface area contributed by atoms with Crippen molar-refractivity contribution >= 4 is 28.5 Å². The summed E-state index contributed by atoms with van der Waals surface area (Å²) in [6.45, 7) is 1.42.